The SMILES string of the molecule is C[C@H]1CCC[C@H](OS(C)(=O)=O)C1. The van der Waals surface area contributed by atoms with Crippen LogP contribution in [-0.4, -0.2) is 20.8 Å². The zero-order valence-electron chi connectivity index (χ0n) is 7.62. The first kappa shape index (κ1) is 9.99. The van der Waals surface area contributed by atoms with Crippen LogP contribution in [-0.2, 0) is 14.3 Å². The van der Waals surface area contributed by atoms with Gasteiger partial charge >= 0.3 is 0 Å². The van der Waals surface area contributed by atoms with Gasteiger partial charge in [-0.2, -0.15) is 8.42 Å². The molecule has 0 aliphatic heterocycles. The van der Waals surface area contributed by atoms with Gasteiger partial charge in [0.25, 0.3) is 10.1 Å². The molecule has 0 saturated heterocycles. The van der Waals surface area contributed by atoms with Gasteiger partial charge in [-0.1, -0.05) is 19.8 Å². The van der Waals surface area contributed by atoms with Crippen LogP contribution in [0.3, 0.4) is 0 Å². The minimum atomic E-state index is -3.25. The van der Waals surface area contributed by atoms with E-state index in [1.165, 1.54) is 6.42 Å². The Bertz CT molecular complexity index is 233. The molecule has 1 saturated carbocycles. The fourth-order valence-electron chi connectivity index (χ4n) is 1.71. The van der Waals surface area contributed by atoms with Gasteiger partial charge in [0.2, 0.25) is 0 Å². The van der Waals surface area contributed by atoms with Crippen molar-refractivity contribution in [3.8, 4) is 0 Å². The summed E-state index contributed by atoms with van der Waals surface area (Å²) in [6.45, 7) is 2.14. The van der Waals surface area contributed by atoms with E-state index in [4.69, 9.17) is 4.18 Å². The summed E-state index contributed by atoms with van der Waals surface area (Å²) in [6, 6.07) is 0. The Morgan fingerprint density at radius 1 is 1.33 bits per heavy atom. The maximum absolute atomic E-state index is 10.8. The van der Waals surface area contributed by atoms with E-state index in [9.17, 15) is 8.42 Å². The Kier molecular flexibility index (Phi) is 3.12. The molecular formula is C8H16O3S. The molecule has 4 heteroatoms. The van der Waals surface area contributed by atoms with Crippen molar-refractivity contribution in [2.45, 2.75) is 38.7 Å². The van der Waals surface area contributed by atoms with Gasteiger partial charge in [-0.05, 0) is 18.8 Å². The summed E-state index contributed by atoms with van der Waals surface area (Å²) in [5.41, 5.74) is 0. The zero-order chi connectivity index (χ0) is 9.19. The molecular weight excluding hydrogens is 176 g/mol. The van der Waals surface area contributed by atoms with Crippen LogP contribution in [0.1, 0.15) is 32.6 Å². The van der Waals surface area contributed by atoms with Crippen molar-refractivity contribution < 1.29 is 12.6 Å². The van der Waals surface area contributed by atoms with Crippen molar-refractivity contribution in [3.05, 3.63) is 0 Å². The summed E-state index contributed by atoms with van der Waals surface area (Å²) in [5.74, 6) is 0.602. The molecule has 1 aliphatic carbocycles. The molecule has 1 fully saturated rings. The minimum absolute atomic E-state index is 0.0660. The Morgan fingerprint density at radius 2 is 2.00 bits per heavy atom. The van der Waals surface area contributed by atoms with Crippen LogP contribution in [0.4, 0.5) is 0 Å². The molecule has 0 N–H and O–H groups in total. The standard InChI is InChI=1S/C8H16O3S/c1-7-4-3-5-8(6-7)11-12(2,9)10/h7-8H,3-6H2,1-2H3/t7-,8-/m0/s1. The molecule has 3 nitrogen and oxygen atoms in total. The highest BCUT2D eigenvalue weighted by Crippen LogP contribution is 2.26. The van der Waals surface area contributed by atoms with Crippen molar-refractivity contribution in [2.24, 2.45) is 5.92 Å². The van der Waals surface area contributed by atoms with E-state index in [1.54, 1.807) is 0 Å². The molecule has 0 bridgehead atoms. The highest BCUT2D eigenvalue weighted by molar-refractivity contribution is 7.86. The number of hydrogen-bond acceptors (Lipinski definition) is 3. The minimum Gasteiger partial charge on any atom is -0.267 e. The smallest absolute Gasteiger partial charge is 0.264 e. The van der Waals surface area contributed by atoms with Gasteiger partial charge in [0.1, 0.15) is 0 Å². The molecule has 0 aromatic carbocycles. The van der Waals surface area contributed by atoms with Crippen LogP contribution < -0.4 is 0 Å². The van der Waals surface area contributed by atoms with Gasteiger partial charge < -0.3 is 0 Å². The van der Waals surface area contributed by atoms with Crippen molar-refractivity contribution in [3.63, 3.8) is 0 Å². The number of hydrogen-bond donors (Lipinski definition) is 0. The molecule has 0 heterocycles. The average molecular weight is 192 g/mol. The Hall–Kier alpha value is -0.0900. The van der Waals surface area contributed by atoms with Gasteiger partial charge in [0.05, 0.1) is 12.4 Å². The third-order valence-electron chi connectivity index (χ3n) is 2.20. The highest BCUT2D eigenvalue weighted by atomic mass is 32.2. The summed E-state index contributed by atoms with van der Waals surface area (Å²) in [4.78, 5) is 0. The van der Waals surface area contributed by atoms with Gasteiger partial charge in [-0.25, -0.2) is 0 Å². The fourth-order valence-corrected chi connectivity index (χ4v) is 2.38. The fraction of sp³-hybridized carbons (Fsp3) is 1.00. The second-order valence-electron chi connectivity index (χ2n) is 3.69. The topological polar surface area (TPSA) is 43.4 Å². The predicted molar refractivity (Wildman–Crippen MR) is 47.3 cm³/mol. The second-order valence-corrected chi connectivity index (χ2v) is 5.29. The first-order chi connectivity index (χ1) is 5.47. The van der Waals surface area contributed by atoms with E-state index < -0.39 is 10.1 Å². The van der Waals surface area contributed by atoms with Gasteiger partial charge in [0.15, 0.2) is 0 Å². The van der Waals surface area contributed by atoms with Crippen LogP contribution in [0.15, 0.2) is 0 Å². The lowest BCUT2D eigenvalue weighted by molar-refractivity contribution is 0.137. The van der Waals surface area contributed by atoms with Crippen LogP contribution in [0.2, 0.25) is 0 Å². The second kappa shape index (κ2) is 3.75. The van der Waals surface area contributed by atoms with Crippen molar-refractivity contribution >= 4 is 10.1 Å². The first-order valence-electron chi connectivity index (χ1n) is 4.35. The maximum atomic E-state index is 10.8. The molecule has 0 aromatic rings. The molecule has 72 valence electrons. The summed E-state index contributed by atoms with van der Waals surface area (Å²) in [5, 5.41) is 0. The quantitative estimate of drug-likeness (QED) is 0.623. The molecule has 0 spiro atoms. The maximum Gasteiger partial charge on any atom is 0.264 e. The summed E-state index contributed by atoms with van der Waals surface area (Å²) in [7, 11) is -3.25. The van der Waals surface area contributed by atoms with Gasteiger partial charge in [-0.15, -0.1) is 0 Å². The van der Waals surface area contributed by atoms with Crippen LogP contribution in [0, 0.1) is 5.92 Å². The average Bonchev–Trinajstić information content (AvgIpc) is 1.82. The van der Waals surface area contributed by atoms with Crippen molar-refractivity contribution in [1.82, 2.24) is 0 Å². The van der Waals surface area contributed by atoms with Crippen LogP contribution in [0.25, 0.3) is 0 Å². The van der Waals surface area contributed by atoms with E-state index in [-0.39, 0.29) is 6.10 Å². The van der Waals surface area contributed by atoms with E-state index in [0.29, 0.717) is 5.92 Å². The van der Waals surface area contributed by atoms with E-state index in [1.807, 2.05) is 0 Å². The lowest BCUT2D eigenvalue weighted by atomic mass is 9.89. The highest BCUT2D eigenvalue weighted by Gasteiger charge is 2.22. The summed E-state index contributed by atoms with van der Waals surface area (Å²) in [6.07, 6.45) is 5.10. The van der Waals surface area contributed by atoms with Crippen molar-refractivity contribution in [1.29, 1.82) is 0 Å². The molecule has 1 aliphatic rings. The molecule has 0 aromatic heterocycles. The molecule has 12 heavy (non-hydrogen) atoms. The summed E-state index contributed by atoms with van der Waals surface area (Å²) < 4.78 is 26.5. The lowest BCUT2D eigenvalue weighted by Crippen LogP contribution is -2.23. The predicted octanol–water partition coefficient (Wildman–Crippen LogP) is 1.54. The lowest BCUT2D eigenvalue weighted by Gasteiger charge is -2.25. The zero-order valence-corrected chi connectivity index (χ0v) is 8.43. The van der Waals surface area contributed by atoms with Gasteiger partial charge in [0, 0.05) is 0 Å². The van der Waals surface area contributed by atoms with E-state index in [2.05, 4.69) is 6.92 Å². The molecule has 1 rings (SSSR count). The Morgan fingerprint density at radius 3 is 2.50 bits per heavy atom. The third kappa shape index (κ3) is 3.54. The number of rotatable bonds is 2. The van der Waals surface area contributed by atoms with Gasteiger partial charge in [-0.3, -0.25) is 4.18 Å². The first-order valence-corrected chi connectivity index (χ1v) is 6.17. The largest absolute Gasteiger partial charge is 0.267 e. The van der Waals surface area contributed by atoms with E-state index >= 15 is 0 Å². The molecule has 2 atom stereocenters. The third-order valence-corrected chi connectivity index (χ3v) is 2.82. The molecule has 0 unspecified atom stereocenters. The summed E-state index contributed by atoms with van der Waals surface area (Å²) >= 11 is 0. The van der Waals surface area contributed by atoms with Crippen molar-refractivity contribution in [2.75, 3.05) is 6.26 Å². The normalized spacial score (nSPS) is 31.8. The molecule has 0 radical (unpaired) electrons. The Labute approximate surface area is 74.2 Å². The Balaban J connectivity index is 2.43. The molecule has 0 amide bonds. The van der Waals surface area contributed by atoms with E-state index in [0.717, 1.165) is 25.5 Å². The van der Waals surface area contributed by atoms with Crippen LogP contribution >= 0.6 is 0 Å². The van der Waals surface area contributed by atoms with Crippen LogP contribution in [0.5, 0.6) is 0 Å². The monoisotopic (exact) mass is 192 g/mol.